The van der Waals surface area contributed by atoms with E-state index in [1.165, 1.54) is 19.2 Å². The second kappa shape index (κ2) is 13.7. The van der Waals surface area contributed by atoms with Crippen LogP contribution < -0.4 is 29.4 Å². The molecule has 0 saturated heterocycles. The molecule has 0 saturated carbocycles. The lowest BCUT2D eigenvalue weighted by atomic mass is 9.83. The fourth-order valence-electron chi connectivity index (χ4n) is 4.82. The number of nitriles is 1. The first kappa shape index (κ1) is 30.0. The van der Waals surface area contributed by atoms with Crippen LogP contribution in [0.25, 0.3) is 0 Å². The molecular weight excluding hydrogens is 563 g/mol. The lowest BCUT2D eigenvalue weighted by molar-refractivity contribution is 0.0730. The van der Waals surface area contributed by atoms with Crippen LogP contribution in [-0.4, -0.2) is 19.7 Å². The number of rotatable bonds is 11. The van der Waals surface area contributed by atoms with Crippen molar-refractivity contribution < 1.29 is 32.9 Å². The highest BCUT2D eigenvalue weighted by Gasteiger charge is 2.32. The number of unbranched alkanes of at least 4 members (excludes halogenated alkanes) is 1. The predicted molar refractivity (Wildman–Crippen MR) is 161 cm³/mol. The van der Waals surface area contributed by atoms with Gasteiger partial charge in [0, 0.05) is 11.6 Å². The highest BCUT2D eigenvalue weighted by Crippen LogP contribution is 2.45. The number of ether oxygens (including phenoxy) is 5. The zero-order chi connectivity index (χ0) is 31.1. The predicted octanol–water partition coefficient (Wildman–Crippen LogP) is 7.03. The van der Waals surface area contributed by atoms with Crippen LogP contribution in [0.3, 0.4) is 0 Å². The summed E-state index contributed by atoms with van der Waals surface area (Å²) in [6, 6.07) is 25.4. The van der Waals surface area contributed by atoms with Crippen molar-refractivity contribution in [3.8, 4) is 34.8 Å². The molecule has 4 aromatic carbocycles. The van der Waals surface area contributed by atoms with Crippen LogP contribution in [0.1, 0.15) is 52.7 Å². The minimum atomic E-state index is -0.582. The molecule has 0 spiro atoms. The van der Waals surface area contributed by atoms with Gasteiger partial charge in [-0.25, -0.2) is 9.18 Å². The van der Waals surface area contributed by atoms with Gasteiger partial charge in [-0.05, 0) is 60.0 Å². The summed E-state index contributed by atoms with van der Waals surface area (Å²) in [6.07, 6.45) is 1.83. The van der Waals surface area contributed by atoms with Crippen LogP contribution in [-0.2, 0) is 6.61 Å². The van der Waals surface area contributed by atoms with E-state index in [9.17, 15) is 14.4 Å². The van der Waals surface area contributed by atoms with E-state index in [2.05, 4.69) is 13.0 Å². The van der Waals surface area contributed by atoms with E-state index in [1.54, 1.807) is 66.7 Å². The second-order valence-corrected chi connectivity index (χ2v) is 10.0. The maximum Gasteiger partial charge on any atom is 0.347 e. The van der Waals surface area contributed by atoms with Crippen LogP contribution in [0.2, 0.25) is 0 Å². The average molecular weight is 595 g/mol. The standard InChI is InChI=1S/C35H31FN2O6/c1-3-4-17-41-29-8-6-5-7-27(29)35(39)43-25-14-15-26-31(19-25)44-34(38)28(20-37)33(26)23-11-16-30(32(18-23)40-2)42-21-22-9-12-24(36)13-10-22/h5-16,18-19,33H,3-4,17,21,38H2,1-2H3. The normalized spacial score (nSPS) is 13.7. The van der Waals surface area contributed by atoms with Gasteiger partial charge < -0.3 is 29.4 Å². The Balaban J connectivity index is 1.40. The number of fused-ring (bicyclic) bond motifs is 1. The molecule has 0 aromatic heterocycles. The van der Waals surface area contributed by atoms with Crippen molar-refractivity contribution in [2.75, 3.05) is 13.7 Å². The minimum Gasteiger partial charge on any atom is -0.493 e. The Morgan fingerprint density at radius 2 is 1.77 bits per heavy atom. The van der Waals surface area contributed by atoms with Crippen molar-refractivity contribution in [3.63, 3.8) is 0 Å². The maximum atomic E-state index is 13.3. The molecule has 0 aliphatic carbocycles. The van der Waals surface area contributed by atoms with E-state index in [-0.39, 0.29) is 29.6 Å². The Bertz CT molecular complexity index is 1730. The molecule has 1 heterocycles. The lowest BCUT2D eigenvalue weighted by Crippen LogP contribution is -2.21. The summed E-state index contributed by atoms with van der Waals surface area (Å²) in [5.74, 6) is 0.419. The number of carbonyl (C=O) groups is 1. The lowest BCUT2D eigenvalue weighted by Gasteiger charge is -2.27. The minimum absolute atomic E-state index is 0.0567. The van der Waals surface area contributed by atoms with Gasteiger partial charge in [-0.1, -0.05) is 49.7 Å². The molecule has 0 amide bonds. The number of para-hydroxylation sites is 1. The maximum absolute atomic E-state index is 13.3. The highest BCUT2D eigenvalue weighted by molar-refractivity contribution is 5.94. The fraction of sp³-hybridized carbons (Fsp3) is 0.200. The smallest absolute Gasteiger partial charge is 0.347 e. The van der Waals surface area contributed by atoms with Gasteiger partial charge in [-0.3, -0.25) is 0 Å². The Hall–Kier alpha value is -5.49. The van der Waals surface area contributed by atoms with Crippen LogP contribution >= 0.6 is 0 Å². The SMILES string of the molecule is CCCCOc1ccccc1C(=O)Oc1ccc2c(c1)OC(N)=C(C#N)C2c1ccc(OCc2ccc(F)cc2)c(OC)c1. The number of methoxy groups -OCH3 is 1. The van der Waals surface area contributed by atoms with E-state index in [0.717, 1.165) is 18.4 Å². The third-order valence-corrected chi connectivity index (χ3v) is 7.09. The van der Waals surface area contributed by atoms with Gasteiger partial charge in [0.1, 0.15) is 46.9 Å². The van der Waals surface area contributed by atoms with Gasteiger partial charge in [0.15, 0.2) is 11.5 Å². The molecule has 1 atom stereocenters. The van der Waals surface area contributed by atoms with Crippen LogP contribution in [0, 0.1) is 17.1 Å². The van der Waals surface area contributed by atoms with Gasteiger partial charge in [0.2, 0.25) is 5.88 Å². The zero-order valence-corrected chi connectivity index (χ0v) is 24.3. The van der Waals surface area contributed by atoms with Gasteiger partial charge in [0.05, 0.1) is 19.6 Å². The van der Waals surface area contributed by atoms with Crippen molar-refractivity contribution in [3.05, 3.63) is 124 Å². The van der Waals surface area contributed by atoms with Gasteiger partial charge in [-0.15, -0.1) is 0 Å². The average Bonchev–Trinajstić information content (AvgIpc) is 3.04. The largest absolute Gasteiger partial charge is 0.493 e. The number of halogens is 1. The zero-order valence-electron chi connectivity index (χ0n) is 24.3. The summed E-state index contributed by atoms with van der Waals surface area (Å²) in [6.45, 7) is 2.77. The van der Waals surface area contributed by atoms with E-state index in [1.807, 2.05) is 6.07 Å². The first-order chi connectivity index (χ1) is 21.4. The molecule has 2 N–H and O–H groups in total. The summed E-state index contributed by atoms with van der Waals surface area (Å²) >= 11 is 0. The first-order valence-corrected chi connectivity index (χ1v) is 14.1. The van der Waals surface area contributed by atoms with Gasteiger partial charge in [0.25, 0.3) is 0 Å². The molecule has 0 radical (unpaired) electrons. The third-order valence-electron chi connectivity index (χ3n) is 7.09. The molecule has 8 nitrogen and oxygen atoms in total. The van der Waals surface area contributed by atoms with Crippen molar-refractivity contribution >= 4 is 5.97 Å². The molecule has 224 valence electrons. The third kappa shape index (κ3) is 6.60. The second-order valence-electron chi connectivity index (χ2n) is 10.0. The summed E-state index contributed by atoms with van der Waals surface area (Å²) in [7, 11) is 1.52. The molecule has 0 bridgehead atoms. The molecule has 1 unspecified atom stereocenters. The summed E-state index contributed by atoms with van der Waals surface area (Å²) in [5, 5.41) is 10.0. The Morgan fingerprint density at radius 3 is 2.52 bits per heavy atom. The van der Waals surface area contributed by atoms with E-state index < -0.39 is 11.9 Å². The molecular formula is C35H31FN2O6. The van der Waals surface area contributed by atoms with Crippen LogP contribution in [0.15, 0.2) is 96.4 Å². The quantitative estimate of drug-likeness (QED) is 0.112. The monoisotopic (exact) mass is 594 g/mol. The topological polar surface area (TPSA) is 113 Å². The summed E-state index contributed by atoms with van der Waals surface area (Å²) in [4.78, 5) is 13.1. The molecule has 0 fully saturated rings. The van der Waals surface area contributed by atoms with E-state index >= 15 is 0 Å². The Kier molecular flexibility index (Phi) is 9.31. The fourth-order valence-corrected chi connectivity index (χ4v) is 4.82. The van der Waals surface area contributed by atoms with Crippen molar-refractivity contribution in [2.45, 2.75) is 32.3 Å². The number of esters is 1. The first-order valence-electron chi connectivity index (χ1n) is 14.1. The van der Waals surface area contributed by atoms with E-state index in [0.29, 0.717) is 46.3 Å². The molecule has 5 rings (SSSR count). The van der Waals surface area contributed by atoms with Crippen molar-refractivity contribution in [1.82, 2.24) is 0 Å². The Labute approximate surface area is 255 Å². The number of allylic oxidation sites excluding steroid dienone is 1. The summed E-state index contributed by atoms with van der Waals surface area (Å²) < 4.78 is 42.1. The number of carbonyl (C=O) groups excluding carboxylic acids is 1. The molecule has 44 heavy (non-hydrogen) atoms. The van der Waals surface area contributed by atoms with Gasteiger partial charge in [-0.2, -0.15) is 5.26 Å². The van der Waals surface area contributed by atoms with Crippen LogP contribution in [0.4, 0.5) is 4.39 Å². The molecule has 4 aromatic rings. The van der Waals surface area contributed by atoms with Crippen molar-refractivity contribution in [1.29, 1.82) is 5.26 Å². The van der Waals surface area contributed by atoms with E-state index in [4.69, 9.17) is 29.4 Å². The number of hydrogen-bond donors (Lipinski definition) is 1. The van der Waals surface area contributed by atoms with Crippen LogP contribution in [0.5, 0.6) is 28.7 Å². The molecule has 1 aliphatic heterocycles. The number of nitrogens with two attached hydrogens (primary N) is 1. The van der Waals surface area contributed by atoms with Gasteiger partial charge >= 0.3 is 5.97 Å². The Morgan fingerprint density at radius 1 is 0.977 bits per heavy atom. The molecule has 1 aliphatic rings. The molecule has 9 heteroatoms. The number of benzene rings is 4. The number of nitrogens with zero attached hydrogens (tertiary/aromatic N) is 1. The number of hydrogen-bond acceptors (Lipinski definition) is 8. The highest BCUT2D eigenvalue weighted by atomic mass is 19.1. The summed E-state index contributed by atoms with van der Waals surface area (Å²) in [5.41, 5.74) is 8.89. The van der Waals surface area contributed by atoms with Crippen molar-refractivity contribution in [2.24, 2.45) is 5.73 Å².